The normalized spacial score (nSPS) is 13.3. The molecule has 4 heteroatoms. The molecule has 2 aromatic rings. The van der Waals surface area contributed by atoms with Crippen molar-refractivity contribution < 1.29 is 4.79 Å². The number of fused-ring (bicyclic) bond motifs is 1. The molecule has 0 radical (unpaired) electrons. The SMILES string of the molecule is Cl.Nc1ccc(C(=O)N2CCc3ccccc3C2)cc1. The van der Waals surface area contributed by atoms with Crippen molar-refractivity contribution in [1.29, 1.82) is 0 Å². The number of carbonyl (C=O) groups is 1. The van der Waals surface area contributed by atoms with E-state index < -0.39 is 0 Å². The minimum atomic E-state index is 0. The summed E-state index contributed by atoms with van der Waals surface area (Å²) in [7, 11) is 0. The van der Waals surface area contributed by atoms with Gasteiger partial charge in [0.2, 0.25) is 0 Å². The van der Waals surface area contributed by atoms with E-state index in [1.165, 1.54) is 11.1 Å². The Hall–Kier alpha value is -2.00. The molecule has 0 aromatic heterocycles. The monoisotopic (exact) mass is 288 g/mol. The fourth-order valence-corrected chi connectivity index (χ4v) is 2.48. The van der Waals surface area contributed by atoms with Crippen LogP contribution in [0.5, 0.6) is 0 Å². The van der Waals surface area contributed by atoms with Gasteiger partial charge >= 0.3 is 0 Å². The van der Waals surface area contributed by atoms with Gasteiger partial charge in [-0.3, -0.25) is 4.79 Å². The van der Waals surface area contributed by atoms with Crippen LogP contribution in [0.3, 0.4) is 0 Å². The van der Waals surface area contributed by atoms with E-state index in [1.807, 2.05) is 11.0 Å². The third-order valence-corrected chi connectivity index (χ3v) is 3.58. The molecule has 0 saturated heterocycles. The molecule has 3 nitrogen and oxygen atoms in total. The van der Waals surface area contributed by atoms with Crippen LogP contribution in [0, 0.1) is 0 Å². The summed E-state index contributed by atoms with van der Waals surface area (Å²) in [6.07, 6.45) is 0.927. The first-order valence-corrected chi connectivity index (χ1v) is 6.45. The molecule has 1 aliphatic heterocycles. The zero-order valence-electron chi connectivity index (χ0n) is 11.1. The highest BCUT2D eigenvalue weighted by Crippen LogP contribution is 2.20. The second-order valence-electron chi connectivity index (χ2n) is 4.87. The van der Waals surface area contributed by atoms with E-state index in [4.69, 9.17) is 5.73 Å². The first-order chi connectivity index (χ1) is 9.24. The van der Waals surface area contributed by atoms with E-state index in [0.29, 0.717) is 17.8 Å². The van der Waals surface area contributed by atoms with Crippen molar-refractivity contribution in [3.8, 4) is 0 Å². The summed E-state index contributed by atoms with van der Waals surface area (Å²) in [5.74, 6) is 0.0782. The van der Waals surface area contributed by atoms with Gasteiger partial charge in [-0.25, -0.2) is 0 Å². The number of nitrogens with two attached hydrogens (primary N) is 1. The Kier molecular flexibility index (Phi) is 4.30. The van der Waals surface area contributed by atoms with Crippen LogP contribution in [0.2, 0.25) is 0 Å². The Labute approximate surface area is 124 Å². The van der Waals surface area contributed by atoms with Crippen molar-refractivity contribution in [1.82, 2.24) is 4.90 Å². The molecule has 3 rings (SSSR count). The molecule has 104 valence electrons. The lowest BCUT2D eigenvalue weighted by Crippen LogP contribution is -2.35. The van der Waals surface area contributed by atoms with Crippen LogP contribution >= 0.6 is 12.4 Å². The van der Waals surface area contributed by atoms with Crippen LogP contribution in [0.25, 0.3) is 0 Å². The minimum Gasteiger partial charge on any atom is -0.399 e. The molecule has 0 unspecified atom stereocenters. The quantitative estimate of drug-likeness (QED) is 0.820. The van der Waals surface area contributed by atoms with E-state index >= 15 is 0 Å². The summed E-state index contributed by atoms with van der Waals surface area (Å²) in [6, 6.07) is 15.4. The smallest absolute Gasteiger partial charge is 0.254 e. The number of halogens is 1. The summed E-state index contributed by atoms with van der Waals surface area (Å²) in [5, 5.41) is 0. The number of benzene rings is 2. The van der Waals surface area contributed by atoms with Gasteiger partial charge in [0.05, 0.1) is 0 Å². The van der Waals surface area contributed by atoms with Gasteiger partial charge in [0, 0.05) is 24.3 Å². The number of carbonyl (C=O) groups excluding carboxylic acids is 1. The second-order valence-corrected chi connectivity index (χ2v) is 4.87. The highest BCUT2D eigenvalue weighted by molar-refractivity contribution is 5.94. The van der Waals surface area contributed by atoms with Crippen LogP contribution < -0.4 is 5.73 Å². The average Bonchev–Trinajstić information content (AvgIpc) is 2.47. The maximum atomic E-state index is 12.4. The van der Waals surface area contributed by atoms with Crippen molar-refractivity contribution in [2.45, 2.75) is 13.0 Å². The topological polar surface area (TPSA) is 46.3 Å². The maximum Gasteiger partial charge on any atom is 0.254 e. The number of nitrogen functional groups attached to an aromatic ring is 1. The van der Waals surface area contributed by atoms with Gasteiger partial charge in [-0.1, -0.05) is 24.3 Å². The fourth-order valence-electron chi connectivity index (χ4n) is 2.48. The zero-order valence-corrected chi connectivity index (χ0v) is 11.9. The number of amides is 1. The maximum absolute atomic E-state index is 12.4. The van der Waals surface area contributed by atoms with E-state index in [-0.39, 0.29) is 18.3 Å². The molecule has 0 spiro atoms. The highest BCUT2D eigenvalue weighted by atomic mass is 35.5. The van der Waals surface area contributed by atoms with Crippen LogP contribution in [-0.2, 0) is 13.0 Å². The van der Waals surface area contributed by atoms with E-state index in [2.05, 4.69) is 18.2 Å². The second kappa shape index (κ2) is 5.97. The van der Waals surface area contributed by atoms with Crippen LogP contribution in [0.15, 0.2) is 48.5 Å². The Morgan fingerprint density at radius 1 is 1.00 bits per heavy atom. The first kappa shape index (κ1) is 14.4. The van der Waals surface area contributed by atoms with Crippen molar-refractivity contribution in [3.05, 3.63) is 65.2 Å². The van der Waals surface area contributed by atoms with Crippen molar-refractivity contribution >= 4 is 24.0 Å². The molecule has 2 N–H and O–H groups in total. The Morgan fingerprint density at radius 2 is 1.65 bits per heavy atom. The van der Waals surface area contributed by atoms with Crippen LogP contribution in [-0.4, -0.2) is 17.4 Å². The van der Waals surface area contributed by atoms with Gasteiger partial charge in [0.1, 0.15) is 0 Å². The highest BCUT2D eigenvalue weighted by Gasteiger charge is 2.21. The molecule has 0 bridgehead atoms. The summed E-state index contributed by atoms with van der Waals surface area (Å²) >= 11 is 0. The molecular formula is C16H17ClN2O. The molecule has 2 aromatic carbocycles. The Bertz CT molecular complexity index is 610. The predicted octanol–water partition coefficient (Wildman–Crippen LogP) is 2.89. The van der Waals surface area contributed by atoms with Gasteiger partial charge in [0.25, 0.3) is 5.91 Å². The lowest BCUT2D eigenvalue weighted by Gasteiger charge is -2.29. The molecule has 0 aliphatic carbocycles. The van der Waals surface area contributed by atoms with E-state index in [1.54, 1.807) is 24.3 Å². The Balaban J connectivity index is 0.00000147. The predicted molar refractivity (Wildman–Crippen MR) is 83.0 cm³/mol. The lowest BCUT2D eigenvalue weighted by molar-refractivity contribution is 0.0735. The lowest BCUT2D eigenvalue weighted by atomic mass is 9.99. The van der Waals surface area contributed by atoms with Crippen molar-refractivity contribution in [2.75, 3.05) is 12.3 Å². The molecule has 20 heavy (non-hydrogen) atoms. The molecule has 0 atom stereocenters. The number of hydrogen-bond donors (Lipinski definition) is 1. The number of rotatable bonds is 1. The van der Waals surface area contributed by atoms with E-state index in [0.717, 1.165) is 13.0 Å². The van der Waals surface area contributed by atoms with Crippen molar-refractivity contribution in [2.24, 2.45) is 0 Å². The number of anilines is 1. The fraction of sp³-hybridized carbons (Fsp3) is 0.188. The Morgan fingerprint density at radius 3 is 2.35 bits per heavy atom. The standard InChI is InChI=1S/C16H16N2O.ClH/c17-15-7-5-13(6-8-15)16(19)18-10-9-12-3-1-2-4-14(12)11-18;/h1-8H,9-11,17H2;1H. The van der Waals surface area contributed by atoms with Gasteiger partial charge in [-0.05, 0) is 41.8 Å². The number of nitrogens with zero attached hydrogens (tertiary/aromatic N) is 1. The van der Waals surface area contributed by atoms with Gasteiger partial charge in [-0.2, -0.15) is 0 Å². The van der Waals surface area contributed by atoms with Crippen LogP contribution in [0.1, 0.15) is 21.5 Å². The molecule has 0 saturated carbocycles. The van der Waals surface area contributed by atoms with Crippen LogP contribution in [0.4, 0.5) is 5.69 Å². The molecule has 1 aliphatic rings. The van der Waals surface area contributed by atoms with E-state index in [9.17, 15) is 4.79 Å². The third kappa shape index (κ3) is 2.78. The average molecular weight is 289 g/mol. The largest absolute Gasteiger partial charge is 0.399 e. The van der Waals surface area contributed by atoms with Gasteiger partial charge in [-0.15, -0.1) is 12.4 Å². The summed E-state index contributed by atoms with van der Waals surface area (Å²) in [4.78, 5) is 14.3. The van der Waals surface area contributed by atoms with Gasteiger partial charge in [0.15, 0.2) is 0 Å². The molecule has 1 heterocycles. The zero-order chi connectivity index (χ0) is 13.2. The first-order valence-electron chi connectivity index (χ1n) is 6.45. The van der Waals surface area contributed by atoms with Crippen molar-refractivity contribution in [3.63, 3.8) is 0 Å². The third-order valence-electron chi connectivity index (χ3n) is 3.58. The van der Waals surface area contributed by atoms with Gasteiger partial charge < -0.3 is 10.6 Å². The molecule has 1 amide bonds. The summed E-state index contributed by atoms with van der Waals surface area (Å²) in [6.45, 7) is 1.47. The summed E-state index contributed by atoms with van der Waals surface area (Å²) < 4.78 is 0. The number of hydrogen-bond acceptors (Lipinski definition) is 2. The minimum absolute atomic E-state index is 0. The molecule has 0 fully saturated rings. The molecular weight excluding hydrogens is 272 g/mol. The summed E-state index contributed by atoms with van der Waals surface area (Å²) in [5.41, 5.74) is 9.63.